The molecule has 6 nitrogen and oxygen atoms in total. The fraction of sp³-hybridized carbons (Fsp3) is 0.292. The van der Waals surface area contributed by atoms with Crippen LogP contribution >= 0.6 is 12.2 Å². The van der Waals surface area contributed by atoms with Crippen molar-refractivity contribution in [2.75, 3.05) is 10.2 Å². The molecule has 1 aliphatic heterocycles. The molecule has 0 bridgehead atoms. The van der Waals surface area contributed by atoms with Gasteiger partial charge in [0, 0.05) is 42.4 Å². The molecule has 2 atom stereocenters. The van der Waals surface area contributed by atoms with E-state index in [1.54, 1.807) is 0 Å². The smallest absolute Gasteiger partial charge is 0.224 e. The molecule has 2 N–H and O–H groups in total. The summed E-state index contributed by atoms with van der Waals surface area (Å²) < 4.78 is 2.20. The highest BCUT2D eigenvalue weighted by atomic mass is 32.1. The van der Waals surface area contributed by atoms with Crippen molar-refractivity contribution in [1.82, 2.24) is 14.9 Å². The molecular formula is C24H27N5OS. The van der Waals surface area contributed by atoms with Gasteiger partial charge in [-0.15, -0.1) is 0 Å². The maximum atomic E-state index is 11.8. The zero-order valence-electron chi connectivity index (χ0n) is 18.2. The molecule has 0 aliphatic carbocycles. The number of anilines is 2. The van der Waals surface area contributed by atoms with Crippen molar-refractivity contribution >= 4 is 34.6 Å². The number of carbonyl (C=O) groups excluding carboxylic acids is 1. The van der Waals surface area contributed by atoms with Gasteiger partial charge in [-0.1, -0.05) is 13.0 Å². The van der Waals surface area contributed by atoms with Crippen molar-refractivity contribution in [3.05, 3.63) is 77.4 Å². The van der Waals surface area contributed by atoms with Crippen LogP contribution in [-0.4, -0.2) is 20.6 Å². The Balaban J connectivity index is 1.78. The number of benzene rings is 1. The van der Waals surface area contributed by atoms with E-state index in [-0.39, 0.29) is 18.0 Å². The van der Waals surface area contributed by atoms with Gasteiger partial charge in [-0.05, 0) is 74.1 Å². The minimum atomic E-state index is -0.0820. The zero-order valence-corrected chi connectivity index (χ0v) is 19.0. The van der Waals surface area contributed by atoms with E-state index in [2.05, 4.69) is 57.3 Å². The maximum Gasteiger partial charge on any atom is 0.224 e. The highest BCUT2D eigenvalue weighted by Gasteiger charge is 2.42. The SMILES string of the molecule is CCC(=O)Nc1ccc(N2C(=S)N[C@@H](c3ccccn3)[C@H]2c2ccc(C)n2C)cc1C. The maximum absolute atomic E-state index is 11.8. The average Bonchev–Trinajstić information content (AvgIpc) is 3.28. The highest BCUT2D eigenvalue weighted by molar-refractivity contribution is 7.80. The van der Waals surface area contributed by atoms with Crippen LogP contribution in [0.5, 0.6) is 0 Å². The van der Waals surface area contributed by atoms with E-state index in [0.717, 1.165) is 28.3 Å². The molecule has 7 heteroatoms. The molecule has 1 saturated heterocycles. The summed E-state index contributed by atoms with van der Waals surface area (Å²) in [7, 11) is 2.08. The number of nitrogens with one attached hydrogen (secondary N) is 2. The third-order valence-corrected chi connectivity index (χ3v) is 6.21. The van der Waals surface area contributed by atoms with E-state index in [1.807, 2.05) is 50.4 Å². The number of rotatable bonds is 5. The Kier molecular flexibility index (Phi) is 5.78. The lowest BCUT2D eigenvalue weighted by Crippen LogP contribution is -2.30. The van der Waals surface area contributed by atoms with E-state index < -0.39 is 0 Å². The second-order valence-corrected chi connectivity index (χ2v) is 8.24. The van der Waals surface area contributed by atoms with Crippen molar-refractivity contribution in [3.63, 3.8) is 0 Å². The summed E-state index contributed by atoms with van der Waals surface area (Å²) in [6.45, 7) is 5.94. The first kappa shape index (κ1) is 21.1. The number of amides is 1. The molecule has 0 radical (unpaired) electrons. The van der Waals surface area contributed by atoms with Gasteiger partial charge in [-0.2, -0.15) is 0 Å². The third kappa shape index (κ3) is 3.93. The number of nitrogens with zero attached hydrogens (tertiary/aromatic N) is 3. The van der Waals surface area contributed by atoms with Gasteiger partial charge in [-0.3, -0.25) is 9.78 Å². The molecule has 1 fully saturated rings. The van der Waals surface area contributed by atoms with Gasteiger partial charge >= 0.3 is 0 Å². The van der Waals surface area contributed by atoms with Gasteiger partial charge < -0.3 is 20.1 Å². The molecule has 0 unspecified atom stereocenters. The van der Waals surface area contributed by atoms with Crippen molar-refractivity contribution in [2.45, 2.75) is 39.3 Å². The molecule has 4 rings (SSSR count). The number of hydrogen-bond donors (Lipinski definition) is 2. The second-order valence-electron chi connectivity index (χ2n) is 7.86. The van der Waals surface area contributed by atoms with Crippen LogP contribution in [0, 0.1) is 13.8 Å². The normalized spacial score (nSPS) is 18.2. The lowest BCUT2D eigenvalue weighted by Gasteiger charge is -2.29. The first-order chi connectivity index (χ1) is 14.9. The minimum Gasteiger partial charge on any atom is -0.351 e. The van der Waals surface area contributed by atoms with E-state index in [4.69, 9.17) is 12.2 Å². The molecule has 3 aromatic rings. The number of pyridine rings is 1. The fourth-order valence-corrected chi connectivity index (χ4v) is 4.39. The number of aryl methyl sites for hydroxylation is 2. The number of thiocarbonyl (C=S) groups is 1. The van der Waals surface area contributed by atoms with Gasteiger partial charge in [0.25, 0.3) is 0 Å². The third-order valence-electron chi connectivity index (χ3n) is 5.90. The van der Waals surface area contributed by atoms with Crippen LogP contribution in [0.15, 0.2) is 54.7 Å². The Morgan fingerprint density at radius 1 is 1.19 bits per heavy atom. The summed E-state index contributed by atoms with van der Waals surface area (Å²) in [5.41, 5.74) is 6.07. The predicted molar refractivity (Wildman–Crippen MR) is 128 cm³/mol. The summed E-state index contributed by atoms with van der Waals surface area (Å²) in [5.74, 6) is 0.00147. The standard InChI is InChI=1S/C24H27N5OS/c1-5-21(30)26-18-11-10-17(14-15(18)2)29-23(20-12-9-16(3)28(20)4)22(27-24(29)31)19-8-6-7-13-25-19/h6-14,22-23H,5H2,1-4H3,(H,26,30)(H,27,31)/t22-,23+/m0/s1. The highest BCUT2D eigenvalue weighted by Crippen LogP contribution is 2.42. The van der Waals surface area contributed by atoms with Crippen LogP contribution in [0.3, 0.4) is 0 Å². The summed E-state index contributed by atoms with van der Waals surface area (Å²) in [6, 6.07) is 16.1. The Hall–Kier alpha value is -3.19. The molecule has 3 heterocycles. The molecule has 31 heavy (non-hydrogen) atoms. The van der Waals surface area contributed by atoms with Crippen LogP contribution in [0.25, 0.3) is 0 Å². The Bertz CT molecular complexity index is 1120. The second kappa shape index (κ2) is 8.51. The Morgan fingerprint density at radius 3 is 2.61 bits per heavy atom. The van der Waals surface area contributed by atoms with Gasteiger partial charge in [0.1, 0.15) is 6.04 Å². The van der Waals surface area contributed by atoms with Crippen LogP contribution < -0.4 is 15.5 Å². The first-order valence-corrected chi connectivity index (χ1v) is 10.8. The Labute approximate surface area is 188 Å². The van der Waals surface area contributed by atoms with Gasteiger partial charge in [-0.25, -0.2) is 0 Å². The first-order valence-electron chi connectivity index (χ1n) is 10.4. The van der Waals surface area contributed by atoms with Crippen molar-refractivity contribution < 1.29 is 4.79 Å². The summed E-state index contributed by atoms with van der Waals surface area (Å²) in [4.78, 5) is 18.6. The monoisotopic (exact) mass is 433 g/mol. The topological polar surface area (TPSA) is 62.2 Å². The van der Waals surface area contributed by atoms with Crippen molar-refractivity contribution in [2.24, 2.45) is 7.05 Å². The van der Waals surface area contributed by atoms with Crippen LogP contribution in [0.1, 0.15) is 48.1 Å². The molecule has 2 aromatic heterocycles. The van der Waals surface area contributed by atoms with E-state index in [9.17, 15) is 4.79 Å². The Morgan fingerprint density at radius 2 is 2.00 bits per heavy atom. The zero-order chi connectivity index (χ0) is 22.1. The lowest BCUT2D eigenvalue weighted by atomic mass is 10.0. The average molecular weight is 434 g/mol. The molecule has 160 valence electrons. The van der Waals surface area contributed by atoms with Crippen molar-refractivity contribution in [1.29, 1.82) is 0 Å². The van der Waals surface area contributed by atoms with Gasteiger partial charge in [0.05, 0.1) is 11.7 Å². The van der Waals surface area contributed by atoms with Crippen molar-refractivity contribution in [3.8, 4) is 0 Å². The van der Waals surface area contributed by atoms with E-state index in [0.29, 0.717) is 11.5 Å². The molecule has 1 aromatic carbocycles. The van der Waals surface area contributed by atoms with Crippen LogP contribution in [0.2, 0.25) is 0 Å². The minimum absolute atomic E-state index is 0.00147. The summed E-state index contributed by atoms with van der Waals surface area (Å²) >= 11 is 5.80. The molecule has 1 amide bonds. The number of carbonyl (C=O) groups is 1. The van der Waals surface area contributed by atoms with E-state index >= 15 is 0 Å². The molecule has 0 spiro atoms. The van der Waals surface area contributed by atoms with Crippen LogP contribution in [-0.2, 0) is 11.8 Å². The number of hydrogen-bond acceptors (Lipinski definition) is 3. The van der Waals surface area contributed by atoms with Gasteiger partial charge in [0.15, 0.2) is 5.11 Å². The largest absolute Gasteiger partial charge is 0.351 e. The van der Waals surface area contributed by atoms with Gasteiger partial charge in [0.2, 0.25) is 5.91 Å². The predicted octanol–water partition coefficient (Wildman–Crippen LogP) is 4.56. The molecule has 0 saturated carbocycles. The lowest BCUT2D eigenvalue weighted by molar-refractivity contribution is -0.115. The van der Waals surface area contributed by atoms with Crippen LogP contribution in [0.4, 0.5) is 11.4 Å². The summed E-state index contributed by atoms with van der Waals surface area (Å²) in [5, 5.41) is 7.11. The molecule has 1 aliphatic rings. The summed E-state index contributed by atoms with van der Waals surface area (Å²) in [6.07, 6.45) is 2.26. The fourth-order valence-electron chi connectivity index (χ4n) is 4.04. The van der Waals surface area contributed by atoms with E-state index in [1.165, 1.54) is 5.69 Å². The number of aromatic nitrogens is 2. The quantitative estimate of drug-likeness (QED) is 0.578. The molecular weight excluding hydrogens is 406 g/mol.